The van der Waals surface area contributed by atoms with Crippen molar-refractivity contribution in [3.05, 3.63) is 30.1 Å². The van der Waals surface area contributed by atoms with Crippen molar-refractivity contribution in [2.75, 3.05) is 26.6 Å². The average Bonchev–Trinajstić information content (AvgIpc) is 3.12. The molecule has 7 heteroatoms. The lowest BCUT2D eigenvalue weighted by molar-refractivity contribution is 0.313. The van der Waals surface area contributed by atoms with E-state index in [2.05, 4.69) is 15.3 Å². The summed E-state index contributed by atoms with van der Waals surface area (Å²) >= 11 is 0. The molecule has 0 saturated heterocycles. The summed E-state index contributed by atoms with van der Waals surface area (Å²) in [4.78, 5) is 12.6. The van der Waals surface area contributed by atoms with Gasteiger partial charge in [0, 0.05) is 29.4 Å². The Labute approximate surface area is 158 Å². The molecule has 0 aliphatic heterocycles. The first-order valence-electron chi connectivity index (χ1n) is 9.13. The van der Waals surface area contributed by atoms with Crippen LogP contribution in [-0.2, 0) is 6.42 Å². The van der Waals surface area contributed by atoms with Crippen LogP contribution in [0.15, 0.2) is 24.4 Å². The van der Waals surface area contributed by atoms with Crippen LogP contribution >= 0.6 is 0 Å². The van der Waals surface area contributed by atoms with Crippen molar-refractivity contribution in [2.45, 2.75) is 25.7 Å². The number of benzene rings is 1. The second kappa shape index (κ2) is 7.34. The number of anilines is 2. The highest BCUT2D eigenvalue weighted by molar-refractivity contribution is 5.80. The standard InChI is InChI=1S/C20H24N4O3/c1-25-16-10-13(11-17(26-2)18(16)27-3)22-20-23-15(9-12-5-4-6-12)14-7-8-21-19(14)24-20/h7-8,10-12H,4-6,9H2,1-3H3,(H2,21,22,23,24). The third-order valence-corrected chi connectivity index (χ3v) is 5.12. The number of rotatable bonds is 7. The molecule has 27 heavy (non-hydrogen) atoms. The summed E-state index contributed by atoms with van der Waals surface area (Å²) in [6.45, 7) is 0. The molecule has 2 N–H and O–H groups in total. The van der Waals surface area contributed by atoms with Gasteiger partial charge in [0.15, 0.2) is 11.5 Å². The Hall–Kier alpha value is -2.96. The van der Waals surface area contributed by atoms with Gasteiger partial charge in [0.05, 0.1) is 27.0 Å². The minimum absolute atomic E-state index is 0.550. The molecule has 7 nitrogen and oxygen atoms in total. The normalized spacial score (nSPS) is 14.0. The molecule has 0 amide bonds. The Balaban J connectivity index is 1.68. The second-order valence-electron chi connectivity index (χ2n) is 6.77. The number of hydrogen-bond donors (Lipinski definition) is 2. The summed E-state index contributed by atoms with van der Waals surface area (Å²) in [7, 11) is 4.78. The van der Waals surface area contributed by atoms with Crippen LogP contribution in [0.4, 0.5) is 11.6 Å². The molecular formula is C20H24N4O3. The van der Waals surface area contributed by atoms with E-state index in [1.54, 1.807) is 21.3 Å². The van der Waals surface area contributed by atoms with E-state index in [1.807, 2.05) is 24.4 Å². The fraction of sp³-hybridized carbons (Fsp3) is 0.400. The van der Waals surface area contributed by atoms with Gasteiger partial charge in [0.2, 0.25) is 11.7 Å². The highest BCUT2D eigenvalue weighted by Gasteiger charge is 2.21. The molecule has 0 bridgehead atoms. The van der Waals surface area contributed by atoms with Gasteiger partial charge in [-0.3, -0.25) is 0 Å². The number of aromatic nitrogens is 3. The zero-order valence-electron chi connectivity index (χ0n) is 15.8. The Morgan fingerprint density at radius 1 is 1.07 bits per heavy atom. The van der Waals surface area contributed by atoms with E-state index in [-0.39, 0.29) is 0 Å². The van der Waals surface area contributed by atoms with Gasteiger partial charge in [-0.1, -0.05) is 19.3 Å². The van der Waals surface area contributed by atoms with Crippen LogP contribution in [-0.4, -0.2) is 36.3 Å². The number of fused-ring (bicyclic) bond motifs is 1. The molecule has 2 heterocycles. The van der Waals surface area contributed by atoms with E-state index in [4.69, 9.17) is 19.2 Å². The summed E-state index contributed by atoms with van der Waals surface area (Å²) in [6.07, 6.45) is 6.79. The molecule has 4 rings (SSSR count). The zero-order valence-corrected chi connectivity index (χ0v) is 15.8. The molecule has 142 valence electrons. The van der Waals surface area contributed by atoms with E-state index < -0.39 is 0 Å². The monoisotopic (exact) mass is 368 g/mol. The van der Waals surface area contributed by atoms with Crippen LogP contribution in [0.3, 0.4) is 0 Å². The molecule has 1 aromatic carbocycles. The highest BCUT2D eigenvalue weighted by atomic mass is 16.5. The Bertz CT molecular complexity index is 925. The topological polar surface area (TPSA) is 81.3 Å². The van der Waals surface area contributed by atoms with E-state index in [0.29, 0.717) is 23.2 Å². The van der Waals surface area contributed by atoms with Gasteiger partial charge >= 0.3 is 0 Å². The average molecular weight is 368 g/mol. The van der Waals surface area contributed by atoms with Crippen LogP contribution in [0.1, 0.15) is 25.0 Å². The van der Waals surface area contributed by atoms with E-state index in [0.717, 1.165) is 34.8 Å². The SMILES string of the molecule is COc1cc(Nc2nc(CC3CCC3)c3cc[nH]c3n2)cc(OC)c1OC. The van der Waals surface area contributed by atoms with Crippen molar-refractivity contribution < 1.29 is 14.2 Å². The number of nitrogens with zero attached hydrogens (tertiary/aromatic N) is 2. The minimum Gasteiger partial charge on any atom is -0.493 e. The molecule has 1 fully saturated rings. The van der Waals surface area contributed by atoms with Crippen LogP contribution < -0.4 is 19.5 Å². The Morgan fingerprint density at radius 2 is 1.81 bits per heavy atom. The smallest absolute Gasteiger partial charge is 0.229 e. The fourth-order valence-corrected chi connectivity index (χ4v) is 3.47. The molecule has 1 aliphatic carbocycles. The first-order valence-corrected chi connectivity index (χ1v) is 9.13. The molecule has 1 saturated carbocycles. The highest BCUT2D eigenvalue weighted by Crippen LogP contribution is 2.40. The lowest BCUT2D eigenvalue weighted by atomic mass is 9.82. The van der Waals surface area contributed by atoms with Gasteiger partial charge < -0.3 is 24.5 Å². The fourth-order valence-electron chi connectivity index (χ4n) is 3.47. The molecule has 0 unspecified atom stereocenters. The minimum atomic E-state index is 0.550. The largest absolute Gasteiger partial charge is 0.493 e. The molecule has 0 spiro atoms. The second-order valence-corrected chi connectivity index (χ2v) is 6.77. The zero-order chi connectivity index (χ0) is 18.8. The Kier molecular flexibility index (Phi) is 4.75. The van der Waals surface area contributed by atoms with Crippen LogP contribution in [0.5, 0.6) is 17.2 Å². The lowest BCUT2D eigenvalue weighted by Gasteiger charge is -2.25. The van der Waals surface area contributed by atoms with Gasteiger partial charge in [-0.15, -0.1) is 0 Å². The Morgan fingerprint density at radius 3 is 2.41 bits per heavy atom. The maximum Gasteiger partial charge on any atom is 0.229 e. The molecule has 3 aromatic rings. The molecule has 0 radical (unpaired) electrons. The maximum absolute atomic E-state index is 5.42. The van der Waals surface area contributed by atoms with Gasteiger partial charge in [0.1, 0.15) is 5.65 Å². The van der Waals surface area contributed by atoms with E-state index in [1.165, 1.54) is 19.3 Å². The van der Waals surface area contributed by atoms with Crippen LogP contribution in [0.2, 0.25) is 0 Å². The van der Waals surface area contributed by atoms with Crippen molar-refractivity contribution >= 4 is 22.7 Å². The predicted octanol–water partition coefficient (Wildman–Crippen LogP) is 4.07. The van der Waals surface area contributed by atoms with Gasteiger partial charge in [0.25, 0.3) is 0 Å². The van der Waals surface area contributed by atoms with Crippen molar-refractivity contribution in [1.29, 1.82) is 0 Å². The van der Waals surface area contributed by atoms with Crippen molar-refractivity contribution in [2.24, 2.45) is 5.92 Å². The van der Waals surface area contributed by atoms with E-state index in [9.17, 15) is 0 Å². The number of methoxy groups -OCH3 is 3. The molecule has 0 atom stereocenters. The third kappa shape index (κ3) is 3.37. The third-order valence-electron chi connectivity index (χ3n) is 5.12. The summed E-state index contributed by atoms with van der Waals surface area (Å²) in [5.41, 5.74) is 2.69. The van der Waals surface area contributed by atoms with Crippen LogP contribution in [0.25, 0.3) is 11.0 Å². The number of nitrogens with one attached hydrogen (secondary N) is 2. The van der Waals surface area contributed by atoms with Gasteiger partial charge in [-0.05, 0) is 18.4 Å². The maximum atomic E-state index is 5.42. The molecular weight excluding hydrogens is 344 g/mol. The number of H-pyrrole nitrogens is 1. The number of aromatic amines is 1. The molecule has 1 aliphatic rings. The molecule has 2 aromatic heterocycles. The van der Waals surface area contributed by atoms with Crippen molar-refractivity contribution in [3.63, 3.8) is 0 Å². The lowest BCUT2D eigenvalue weighted by Crippen LogP contribution is -2.15. The summed E-state index contributed by atoms with van der Waals surface area (Å²) in [5, 5.41) is 4.37. The van der Waals surface area contributed by atoms with Gasteiger partial charge in [-0.2, -0.15) is 4.98 Å². The van der Waals surface area contributed by atoms with E-state index >= 15 is 0 Å². The predicted molar refractivity (Wildman–Crippen MR) is 104 cm³/mol. The first-order chi connectivity index (χ1) is 13.2. The number of hydrogen-bond acceptors (Lipinski definition) is 6. The summed E-state index contributed by atoms with van der Waals surface area (Å²) in [6, 6.07) is 5.73. The van der Waals surface area contributed by atoms with Crippen LogP contribution in [0, 0.1) is 5.92 Å². The summed E-state index contributed by atoms with van der Waals surface area (Å²) < 4.78 is 16.2. The van der Waals surface area contributed by atoms with Crippen molar-refractivity contribution in [1.82, 2.24) is 15.0 Å². The summed E-state index contributed by atoms with van der Waals surface area (Å²) in [5.74, 6) is 2.99. The first kappa shape index (κ1) is 17.5. The van der Waals surface area contributed by atoms with Crippen molar-refractivity contribution in [3.8, 4) is 17.2 Å². The number of ether oxygens (including phenoxy) is 3. The van der Waals surface area contributed by atoms with Gasteiger partial charge in [-0.25, -0.2) is 4.98 Å². The quantitative estimate of drug-likeness (QED) is 0.654.